The molecule has 1 heterocycles. The zero-order valence-corrected chi connectivity index (χ0v) is 28.1. The summed E-state index contributed by atoms with van der Waals surface area (Å²) in [6, 6.07) is 15.6. The molecule has 0 saturated carbocycles. The molecule has 3 aromatic rings. The van der Waals surface area contributed by atoms with E-state index in [-0.39, 0.29) is 0 Å². The van der Waals surface area contributed by atoms with E-state index in [1.807, 2.05) is 26.8 Å². The highest BCUT2D eigenvalue weighted by Gasteiger charge is 2.41. The number of rotatable bonds is 17. The summed E-state index contributed by atoms with van der Waals surface area (Å²) in [7, 11) is 11.4. The van der Waals surface area contributed by atoms with Crippen molar-refractivity contribution in [3.63, 3.8) is 0 Å². The van der Waals surface area contributed by atoms with Gasteiger partial charge in [0.1, 0.15) is 0 Å². The molecule has 0 atom stereocenters. The Balaban J connectivity index is 1.43. The first-order valence-electron chi connectivity index (χ1n) is 10.8. The molecule has 0 spiro atoms. The molecule has 0 aliphatic rings. The first kappa shape index (κ1) is 30.8. The zero-order chi connectivity index (χ0) is 24.9. The minimum absolute atomic E-state index is 0.589. The van der Waals surface area contributed by atoms with Gasteiger partial charge in [0.15, 0.2) is 4.34 Å². The molecule has 14 heteroatoms. The number of nitrogens with zero attached hydrogens (tertiary/aromatic N) is 1. The molecular weight excluding hydrogens is 631 g/mol. The van der Waals surface area contributed by atoms with Gasteiger partial charge in [-0.2, -0.15) is 0 Å². The van der Waals surface area contributed by atoms with Gasteiger partial charge in [0.2, 0.25) is 0 Å². The highest BCUT2D eigenvalue weighted by atomic mass is 34.0. The molecule has 0 aliphatic carbocycles. The van der Waals surface area contributed by atoms with Crippen molar-refractivity contribution in [1.29, 1.82) is 0 Å². The van der Waals surface area contributed by atoms with Gasteiger partial charge in [-0.3, -0.25) is 0 Å². The van der Waals surface area contributed by atoms with E-state index in [0.717, 1.165) is 9.86 Å². The van der Waals surface area contributed by atoms with Crippen molar-refractivity contribution in [3.8, 4) is 0 Å². The van der Waals surface area contributed by atoms with E-state index in [0.29, 0.717) is 25.9 Å². The van der Waals surface area contributed by atoms with Crippen LogP contribution >= 0.6 is 91.9 Å². The molecule has 192 valence electrons. The Kier molecular flexibility index (Phi) is 15.0. The molecule has 4 nitrogen and oxygen atoms in total. The summed E-state index contributed by atoms with van der Waals surface area (Å²) in [4.78, 5) is 5.90. The van der Waals surface area contributed by atoms with E-state index in [9.17, 15) is 0 Å². The van der Waals surface area contributed by atoms with Crippen molar-refractivity contribution >= 4 is 111 Å². The first-order valence-corrected chi connectivity index (χ1v) is 23.7. The van der Waals surface area contributed by atoms with Crippen LogP contribution in [0.2, 0.25) is 0 Å². The van der Waals surface area contributed by atoms with Crippen LogP contribution < -0.4 is 0 Å². The molecule has 0 bridgehead atoms. The lowest BCUT2D eigenvalue weighted by molar-refractivity contribution is 0.0702. The third-order valence-electron chi connectivity index (χ3n) is 4.36. The number of benzene rings is 2. The van der Waals surface area contributed by atoms with Gasteiger partial charge in [0.25, 0.3) is 0 Å². The van der Waals surface area contributed by atoms with E-state index in [1.165, 1.54) is 20.7 Å². The van der Waals surface area contributed by atoms with Crippen LogP contribution in [0.15, 0.2) is 51.7 Å². The second-order valence-corrected chi connectivity index (χ2v) is 23.4. The molecule has 3 rings (SSSR count). The summed E-state index contributed by atoms with van der Waals surface area (Å²) in [5.74, 6) is 0. The maximum atomic E-state index is 6.09. The number of thiazole rings is 1. The minimum Gasteiger partial charge on any atom is -0.374 e. The van der Waals surface area contributed by atoms with Crippen LogP contribution in [-0.2, 0) is 19.3 Å². The van der Waals surface area contributed by atoms with Crippen molar-refractivity contribution in [2.45, 2.75) is 43.0 Å². The van der Waals surface area contributed by atoms with Crippen molar-refractivity contribution < 1.29 is 13.3 Å². The lowest BCUT2D eigenvalue weighted by atomic mass is 10.2. The van der Waals surface area contributed by atoms with Crippen molar-refractivity contribution in [1.82, 2.24) is 4.98 Å². The monoisotopic (exact) mass is 657 g/mol. The Morgan fingerprint density at radius 1 is 0.800 bits per heavy atom. The fourth-order valence-electron chi connectivity index (χ4n) is 3.12. The summed E-state index contributed by atoms with van der Waals surface area (Å²) in [5, 5.41) is 0. The van der Waals surface area contributed by atoms with Gasteiger partial charge in [0.05, 0.1) is 10.2 Å². The molecule has 0 aliphatic heterocycles. The zero-order valence-electron chi connectivity index (χ0n) is 19.7. The molecule has 35 heavy (non-hydrogen) atoms. The summed E-state index contributed by atoms with van der Waals surface area (Å²) < 4.78 is 20.6. The molecule has 0 radical (unpaired) electrons. The molecule has 0 saturated heterocycles. The van der Waals surface area contributed by atoms with Gasteiger partial charge >= 0.3 is 8.80 Å². The van der Waals surface area contributed by atoms with Crippen LogP contribution in [0.4, 0.5) is 0 Å². The van der Waals surface area contributed by atoms with Crippen LogP contribution in [0, 0.1) is 6.92 Å². The van der Waals surface area contributed by atoms with Gasteiger partial charge in [-0.1, -0.05) is 29.8 Å². The van der Waals surface area contributed by atoms with E-state index in [1.54, 1.807) is 91.9 Å². The maximum Gasteiger partial charge on any atom is 0.505 e. The lowest BCUT2D eigenvalue weighted by Crippen LogP contribution is -2.48. The standard InChI is InChI=1S/C21H27NO3S9Si/c1-5-23-35(24-6-2,25-7-3)15-17-14-16(4)12-13-19(17)27-29-31-33-34-32-30-28-21-22-18-10-8-9-11-20(18)26-21/h8-14H,5-7,15H2,1-4H3. The fourth-order valence-corrected chi connectivity index (χ4v) is 24.1. The smallest absolute Gasteiger partial charge is 0.374 e. The summed E-state index contributed by atoms with van der Waals surface area (Å²) in [5.41, 5.74) is 3.55. The Hall–Kier alpha value is 1.23. The molecule has 1 aromatic heterocycles. The highest BCUT2D eigenvalue weighted by molar-refractivity contribution is 9.48. The van der Waals surface area contributed by atoms with E-state index >= 15 is 0 Å². The number of hydrogen-bond acceptors (Lipinski definition) is 13. The van der Waals surface area contributed by atoms with Gasteiger partial charge in [-0.15, -0.1) is 11.3 Å². The number of aryl methyl sites for hydroxylation is 1. The van der Waals surface area contributed by atoms with Gasteiger partial charge in [-0.05, 0) is 132 Å². The predicted molar refractivity (Wildman–Crippen MR) is 172 cm³/mol. The maximum absolute atomic E-state index is 6.09. The average Bonchev–Trinajstić information content (AvgIpc) is 3.25. The third kappa shape index (κ3) is 10.4. The molecule has 2 aromatic carbocycles. The van der Waals surface area contributed by atoms with Crippen LogP contribution in [-0.4, -0.2) is 33.6 Å². The topological polar surface area (TPSA) is 40.6 Å². The van der Waals surface area contributed by atoms with E-state index < -0.39 is 8.80 Å². The van der Waals surface area contributed by atoms with Crippen LogP contribution in [0.1, 0.15) is 31.9 Å². The van der Waals surface area contributed by atoms with E-state index in [2.05, 4.69) is 48.3 Å². The number of hydrogen-bond donors (Lipinski definition) is 0. The second kappa shape index (κ2) is 17.0. The molecular formula is C21H27NO3S9Si. The molecule has 0 N–H and O–H groups in total. The quantitative estimate of drug-likeness (QED) is 0.0788. The summed E-state index contributed by atoms with van der Waals surface area (Å²) >= 11 is 1.75. The van der Waals surface area contributed by atoms with E-state index in [4.69, 9.17) is 13.3 Å². The second-order valence-electron chi connectivity index (χ2n) is 6.79. The Morgan fingerprint density at radius 2 is 1.43 bits per heavy atom. The average molecular weight is 658 g/mol. The third-order valence-corrected chi connectivity index (χ3v) is 23.7. The Labute approximate surface area is 243 Å². The van der Waals surface area contributed by atoms with Gasteiger partial charge in [-0.25, -0.2) is 4.98 Å². The van der Waals surface area contributed by atoms with Crippen LogP contribution in [0.3, 0.4) is 0 Å². The van der Waals surface area contributed by atoms with Gasteiger partial charge < -0.3 is 13.3 Å². The number of fused-ring (bicyclic) bond motifs is 1. The number of para-hydroxylation sites is 1. The normalized spacial score (nSPS) is 12.0. The van der Waals surface area contributed by atoms with Crippen molar-refractivity contribution in [3.05, 3.63) is 53.6 Å². The predicted octanol–water partition coefficient (Wildman–Crippen LogP) is 10.4. The fraction of sp³-hybridized carbons (Fsp3) is 0.381. The number of aromatic nitrogens is 1. The highest BCUT2D eigenvalue weighted by Crippen LogP contribution is 2.59. The largest absolute Gasteiger partial charge is 0.505 e. The van der Waals surface area contributed by atoms with Gasteiger partial charge in [0, 0.05) is 30.8 Å². The molecule has 0 fully saturated rings. The minimum atomic E-state index is -2.75. The summed E-state index contributed by atoms with van der Waals surface area (Å²) in [6.45, 7) is 9.89. The first-order chi connectivity index (χ1) is 17.1. The van der Waals surface area contributed by atoms with Crippen molar-refractivity contribution in [2.75, 3.05) is 19.8 Å². The molecule has 0 unspecified atom stereocenters. The summed E-state index contributed by atoms with van der Waals surface area (Å²) in [6.07, 6.45) is 0. The van der Waals surface area contributed by atoms with Crippen LogP contribution in [0.25, 0.3) is 10.2 Å². The Bertz CT molecular complexity index is 992. The SMILES string of the molecule is CCO[Si](Cc1cc(C)ccc1SSSSSSSSc1nc2ccccc2s1)(OCC)OCC. The molecule has 0 amide bonds. The van der Waals surface area contributed by atoms with Crippen LogP contribution in [0.5, 0.6) is 0 Å². The van der Waals surface area contributed by atoms with Crippen molar-refractivity contribution in [2.24, 2.45) is 0 Å². The Morgan fingerprint density at radius 3 is 2.09 bits per heavy atom. The lowest BCUT2D eigenvalue weighted by Gasteiger charge is -2.29.